The number of hydrogen-bond donors (Lipinski definition) is 1. The second-order valence-electron chi connectivity index (χ2n) is 1.55. The average molecular weight is 154 g/mol. The van der Waals surface area contributed by atoms with Gasteiger partial charge in [-0.15, -0.1) is 0 Å². The van der Waals surface area contributed by atoms with Gasteiger partial charge in [-0.1, -0.05) is 6.92 Å². The first-order valence-electron chi connectivity index (χ1n) is 2.55. The fourth-order valence-corrected chi connectivity index (χ4v) is 0.587. The monoisotopic (exact) mass is 154 g/mol. The third kappa shape index (κ3) is 1.72. The van der Waals surface area contributed by atoms with Gasteiger partial charge in [-0.2, -0.15) is 0 Å². The second kappa shape index (κ2) is 3.75. The predicted molar refractivity (Wildman–Crippen MR) is 30.2 cm³/mol. The average Bonchev–Trinajstić information content (AvgIpc) is 2.14. The Morgan fingerprint density at radius 2 is 2.38 bits per heavy atom. The summed E-state index contributed by atoms with van der Waals surface area (Å²) in [5.74, 6) is 0. The van der Waals surface area contributed by atoms with E-state index in [-0.39, 0.29) is 16.8 Å². The van der Waals surface area contributed by atoms with Crippen LogP contribution < -0.4 is 0 Å². The molecule has 1 nitrogen and oxygen atoms in total. The van der Waals surface area contributed by atoms with Gasteiger partial charge >= 0.3 is 0 Å². The molecule has 0 aliphatic heterocycles. The molecular weight excluding hydrogens is 145 g/mol. The molecule has 0 fully saturated rings. The van der Waals surface area contributed by atoms with Crippen LogP contribution in [-0.2, 0) is 23.2 Å². The summed E-state index contributed by atoms with van der Waals surface area (Å²) in [5, 5.41) is 0. The Labute approximate surface area is 59.7 Å². The second-order valence-corrected chi connectivity index (χ2v) is 1.55. The molecule has 1 aromatic rings. The Kier molecular flexibility index (Phi) is 3.65. The van der Waals surface area contributed by atoms with Crippen molar-refractivity contribution in [2.24, 2.45) is 0 Å². The van der Waals surface area contributed by atoms with Crippen molar-refractivity contribution in [1.29, 1.82) is 0 Å². The van der Waals surface area contributed by atoms with Crippen LogP contribution in [0.25, 0.3) is 0 Å². The van der Waals surface area contributed by atoms with Crippen LogP contribution in [0.3, 0.4) is 0 Å². The van der Waals surface area contributed by atoms with E-state index in [0.717, 1.165) is 6.42 Å². The first-order valence-corrected chi connectivity index (χ1v) is 2.55. The van der Waals surface area contributed by atoms with E-state index < -0.39 is 0 Å². The zero-order chi connectivity index (χ0) is 5.11. The van der Waals surface area contributed by atoms with Gasteiger partial charge in [-0.05, 0) is 18.6 Å². The van der Waals surface area contributed by atoms with Gasteiger partial charge in [0.1, 0.15) is 0 Å². The van der Waals surface area contributed by atoms with Crippen LogP contribution in [0.5, 0.6) is 0 Å². The summed E-state index contributed by atoms with van der Waals surface area (Å²) < 4.78 is 0. The third-order valence-electron chi connectivity index (χ3n) is 1.04. The molecule has 1 aromatic heterocycles. The van der Waals surface area contributed by atoms with Crippen molar-refractivity contribution >= 4 is 0 Å². The maximum atomic E-state index is 3.09. The normalized spacial score (nSPS) is 8.12. The van der Waals surface area contributed by atoms with E-state index in [1.807, 2.05) is 12.3 Å². The van der Waals surface area contributed by atoms with Crippen LogP contribution in [0.2, 0.25) is 0 Å². The van der Waals surface area contributed by atoms with Gasteiger partial charge in [0.2, 0.25) is 0 Å². The van der Waals surface area contributed by atoms with Crippen molar-refractivity contribution in [3.8, 4) is 0 Å². The number of aryl methyl sites for hydroxylation is 1. The van der Waals surface area contributed by atoms with Crippen LogP contribution in [0.4, 0.5) is 0 Å². The number of aromatic amines is 1. The molecule has 1 rings (SSSR count). The van der Waals surface area contributed by atoms with Gasteiger partial charge in [0.05, 0.1) is 0 Å². The van der Waals surface area contributed by atoms with Gasteiger partial charge in [-0.3, -0.25) is 0 Å². The van der Waals surface area contributed by atoms with E-state index in [1.165, 1.54) is 5.69 Å². The largest absolute Gasteiger partial charge is 0.365 e. The Hall–Kier alpha value is -0.214. The van der Waals surface area contributed by atoms with Crippen molar-refractivity contribution in [3.63, 3.8) is 0 Å². The Bertz CT molecular complexity index is 123. The molecule has 47 valence electrons. The molecule has 1 radical (unpaired) electrons. The Morgan fingerprint density at radius 3 is 2.62 bits per heavy atom. The fraction of sp³-hybridized carbons (Fsp3) is 0.333. The summed E-state index contributed by atoms with van der Waals surface area (Å²) in [6.07, 6.45) is 3.05. The number of nitrogens with one attached hydrogen (secondary N) is 1. The van der Waals surface area contributed by atoms with Gasteiger partial charge in [-0.25, -0.2) is 0 Å². The minimum Gasteiger partial charge on any atom is -0.365 e. The molecule has 0 aliphatic rings. The SMILES string of the molecule is CCc1ccc[nH]1.[Co]. The summed E-state index contributed by atoms with van der Waals surface area (Å²) in [4.78, 5) is 3.09. The molecule has 0 saturated heterocycles. The van der Waals surface area contributed by atoms with Crippen molar-refractivity contribution in [3.05, 3.63) is 24.0 Å². The molecule has 0 unspecified atom stereocenters. The predicted octanol–water partition coefficient (Wildman–Crippen LogP) is 1.57. The van der Waals surface area contributed by atoms with Gasteiger partial charge in [0.25, 0.3) is 0 Å². The fourth-order valence-electron chi connectivity index (χ4n) is 0.587. The van der Waals surface area contributed by atoms with Crippen molar-refractivity contribution in [2.75, 3.05) is 0 Å². The molecular formula is C6H9CoN. The molecule has 1 N–H and O–H groups in total. The molecule has 1 heterocycles. The number of rotatable bonds is 1. The molecule has 0 aliphatic carbocycles. The van der Waals surface area contributed by atoms with E-state index in [0.29, 0.717) is 0 Å². The first-order chi connectivity index (χ1) is 3.43. The van der Waals surface area contributed by atoms with E-state index in [9.17, 15) is 0 Å². The molecule has 0 bridgehead atoms. The van der Waals surface area contributed by atoms with E-state index in [4.69, 9.17) is 0 Å². The van der Waals surface area contributed by atoms with Gasteiger partial charge in [0, 0.05) is 28.7 Å². The summed E-state index contributed by atoms with van der Waals surface area (Å²) in [7, 11) is 0. The zero-order valence-electron chi connectivity index (χ0n) is 4.77. The summed E-state index contributed by atoms with van der Waals surface area (Å²) in [6.45, 7) is 2.13. The molecule has 0 spiro atoms. The van der Waals surface area contributed by atoms with Crippen LogP contribution >= 0.6 is 0 Å². The topological polar surface area (TPSA) is 15.8 Å². The molecule has 0 amide bonds. The number of hydrogen-bond acceptors (Lipinski definition) is 0. The van der Waals surface area contributed by atoms with Crippen molar-refractivity contribution < 1.29 is 16.8 Å². The molecule has 8 heavy (non-hydrogen) atoms. The first kappa shape index (κ1) is 7.79. The van der Waals surface area contributed by atoms with E-state index in [2.05, 4.69) is 18.0 Å². The quantitative estimate of drug-likeness (QED) is 0.631. The smallest absolute Gasteiger partial charge is 0.0144 e. The molecule has 0 aromatic carbocycles. The maximum Gasteiger partial charge on any atom is 0.0144 e. The summed E-state index contributed by atoms with van der Waals surface area (Å²) >= 11 is 0. The van der Waals surface area contributed by atoms with Crippen molar-refractivity contribution in [1.82, 2.24) is 4.98 Å². The van der Waals surface area contributed by atoms with Crippen LogP contribution in [-0.4, -0.2) is 4.98 Å². The van der Waals surface area contributed by atoms with E-state index in [1.54, 1.807) is 0 Å². The molecule has 0 saturated carbocycles. The summed E-state index contributed by atoms with van der Waals surface area (Å²) in [6, 6.07) is 4.10. The van der Waals surface area contributed by atoms with Crippen LogP contribution in [0.1, 0.15) is 12.6 Å². The number of H-pyrrole nitrogens is 1. The van der Waals surface area contributed by atoms with Crippen molar-refractivity contribution in [2.45, 2.75) is 13.3 Å². The minimum absolute atomic E-state index is 0. The number of aromatic nitrogens is 1. The standard InChI is InChI=1S/C6H9N.Co/c1-2-6-4-3-5-7-6;/h3-5,7H,2H2,1H3;. The third-order valence-corrected chi connectivity index (χ3v) is 1.04. The Morgan fingerprint density at radius 1 is 1.62 bits per heavy atom. The minimum atomic E-state index is 0. The van der Waals surface area contributed by atoms with Crippen LogP contribution in [0.15, 0.2) is 18.3 Å². The molecule has 2 heteroatoms. The van der Waals surface area contributed by atoms with Gasteiger partial charge < -0.3 is 4.98 Å². The zero-order valence-corrected chi connectivity index (χ0v) is 5.81. The van der Waals surface area contributed by atoms with E-state index >= 15 is 0 Å². The molecule has 0 atom stereocenters. The Balaban J connectivity index is 0.000000490. The van der Waals surface area contributed by atoms with Crippen LogP contribution in [0, 0.1) is 0 Å². The maximum absolute atomic E-state index is 3.09. The van der Waals surface area contributed by atoms with Gasteiger partial charge in [0.15, 0.2) is 0 Å². The summed E-state index contributed by atoms with van der Waals surface area (Å²) in [5.41, 5.74) is 1.31.